The summed E-state index contributed by atoms with van der Waals surface area (Å²) in [5, 5.41) is 3.98. The third-order valence-corrected chi connectivity index (χ3v) is 5.19. The molecule has 0 bridgehead atoms. The van der Waals surface area contributed by atoms with Crippen molar-refractivity contribution in [2.45, 2.75) is 32.1 Å². The molecule has 156 valence electrons. The van der Waals surface area contributed by atoms with E-state index in [0.29, 0.717) is 43.7 Å². The lowest BCUT2D eigenvalue weighted by atomic mass is 10.2. The highest BCUT2D eigenvalue weighted by Gasteiger charge is 2.30. The molecule has 0 saturated carbocycles. The standard InChI is InChI=1S/C20H26N4O5/c1-26-15-4-6-16(7-5-15)28-14-18-21-19(29-22-18)13-23-8-10-24(11-9-23)20(25)17-3-2-12-27-17/h4-7,17H,2-3,8-14H2,1H3. The number of hydrogen-bond donors (Lipinski definition) is 0. The van der Waals surface area contributed by atoms with Gasteiger partial charge in [-0.05, 0) is 37.1 Å². The van der Waals surface area contributed by atoms with E-state index >= 15 is 0 Å². The summed E-state index contributed by atoms with van der Waals surface area (Å²) < 4.78 is 21.6. The average molecular weight is 402 g/mol. The van der Waals surface area contributed by atoms with Crippen LogP contribution in [0.2, 0.25) is 0 Å². The molecule has 4 rings (SSSR count). The summed E-state index contributed by atoms with van der Waals surface area (Å²) in [6, 6.07) is 7.33. The van der Waals surface area contributed by atoms with Crippen LogP contribution in [0.5, 0.6) is 11.5 Å². The van der Waals surface area contributed by atoms with Crippen LogP contribution in [-0.2, 0) is 22.7 Å². The fourth-order valence-corrected chi connectivity index (χ4v) is 3.53. The highest BCUT2D eigenvalue weighted by molar-refractivity contribution is 5.81. The van der Waals surface area contributed by atoms with Crippen molar-refractivity contribution in [1.29, 1.82) is 0 Å². The molecule has 1 amide bonds. The number of aromatic nitrogens is 2. The van der Waals surface area contributed by atoms with Gasteiger partial charge in [0.1, 0.15) is 17.6 Å². The van der Waals surface area contributed by atoms with Gasteiger partial charge < -0.3 is 23.6 Å². The zero-order chi connectivity index (χ0) is 20.1. The first-order valence-corrected chi connectivity index (χ1v) is 9.92. The Hall–Kier alpha value is -2.65. The van der Waals surface area contributed by atoms with Crippen molar-refractivity contribution in [3.05, 3.63) is 36.0 Å². The Morgan fingerprint density at radius 3 is 2.62 bits per heavy atom. The highest BCUT2D eigenvalue weighted by Crippen LogP contribution is 2.18. The van der Waals surface area contributed by atoms with Gasteiger partial charge in [-0.1, -0.05) is 5.16 Å². The normalized spacial score (nSPS) is 20.0. The predicted molar refractivity (Wildman–Crippen MR) is 102 cm³/mol. The Morgan fingerprint density at radius 1 is 1.17 bits per heavy atom. The number of ether oxygens (including phenoxy) is 3. The summed E-state index contributed by atoms with van der Waals surface area (Å²) in [5.74, 6) is 2.67. The molecule has 2 saturated heterocycles. The quantitative estimate of drug-likeness (QED) is 0.688. The minimum atomic E-state index is -0.245. The molecule has 3 heterocycles. The molecule has 0 radical (unpaired) electrons. The maximum absolute atomic E-state index is 12.4. The molecular formula is C20H26N4O5. The van der Waals surface area contributed by atoms with Crippen molar-refractivity contribution in [2.75, 3.05) is 39.9 Å². The molecule has 2 fully saturated rings. The number of methoxy groups -OCH3 is 1. The van der Waals surface area contributed by atoms with E-state index in [1.807, 2.05) is 29.2 Å². The smallest absolute Gasteiger partial charge is 0.251 e. The number of rotatable bonds is 7. The largest absolute Gasteiger partial charge is 0.497 e. The highest BCUT2D eigenvalue weighted by atomic mass is 16.5. The third kappa shape index (κ3) is 5.04. The predicted octanol–water partition coefficient (Wildman–Crippen LogP) is 1.48. The van der Waals surface area contributed by atoms with Crippen molar-refractivity contribution in [1.82, 2.24) is 19.9 Å². The van der Waals surface area contributed by atoms with Gasteiger partial charge in [0.25, 0.3) is 5.91 Å². The van der Waals surface area contributed by atoms with Crippen LogP contribution in [0.4, 0.5) is 0 Å². The average Bonchev–Trinajstić information content (AvgIpc) is 3.45. The number of hydrogen-bond acceptors (Lipinski definition) is 8. The SMILES string of the molecule is COc1ccc(OCc2noc(CN3CCN(C(=O)C4CCCO4)CC3)n2)cc1. The van der Waals surface area contributed by atoms with Gasteiger partial charge in [0.05, 0.1) is 13.7 Å². The molecule has 1 unspecified atom stereocenters. The van der Waals surface area contributed by atoms with Crippen molar-refractivity contribution in [3.63, 3.8) is 0 Å². The number of nitrogens with zero attached hydrogens (tertiary/aromatic N) is 4. The molecule has 0 N–H and O–H groups in total. The van der Waals surface area contributed by atoms with Crippen molar-refractivity contribution < 1.29 is 23.5 Å². The number of piperazine rings is 1. The summed E-state index contributed by atoms with van der Waals surface area (Å²) in [6.45, 7) is 4.44. The Bertz CT molecular complexity index is 795. The van der Waals surface area contributed by atoms with Gasteiger partial charge in [-0.15, -0.1) is 0 Å². The summed E-state index contributed by atoms with van der Waals surface area (Å²) in [6.07, 6.45) is 1.56. The Kier molecular flexibility index (Phi) is 6.26. The van der Waals surface area contributed by atoms with E-state index in [0.717, 1.165) is 31.7 Å². The second-order valence-corrected chi connectivity index (χ2v) is 7.17. The van der Waals surface area contributed by atoms with Crippen LogP contribution in [0.15, 0.2) is 28.8 Å². The molecule has 2 aliphatic rings. The van der Waals surface area contributed by atoms with Gasteiger partial charge in [-0.3, -0.25) is 9.69 Å². The van der Waals surface area contributed by atoms with Gasteiger partial charge in [-0.2, -0.15) is 4.98 Å². The topological polar surface area (TPSA) is 90.2 Å². The molecule has 9 heteroatoms. The number of carbonyl (C=O) groups is 1. The maximum Gasteiger partial charge on any atom is 0.251 e. The van der Waals surface area contributed by atoms with Crippen LogP contribution in [0, 0.1) is 0 Å². The zero-order valence-electron chi connectivity index (χ0n) is 16.6. The van der Waals surface area contributed by atoms with Crippen LogP contribution in [-0.4, -0.2) is 71.8 Å². The Balaban J connectivity index is 1.21. The van der Waals surface area contributed by atoms with Crippen molar-refractivity contribution in [2.24, 2.45) is 0 Å². The molecule has 29 heavy (non-hydrogen) atoms. The summed E-state index contributed by atoms with van der Waals surface area (Å²) >= 11 is 0. The second kappa shape index (κ2) is 9.23. The zero-order valence-corrected chi connectivity index (χ0v) is 16.6. The van der Waals surface area contributed by atoms with E-state index in [-0.39, 0.29) is 18.6 Å². The maximum atomic E-state index is 12.4. The summed E-state index contributed by atoms with van der Waals surface area (Å²) in [4.78, 5) is 20.9. The fourth-order valence-electron chi connectivity index (χ4n) is 3.53. The molecule has 2 aromatic rings. The van der Waals surface area contributed by atoms with Gasteiger partial charge in [0, 0.05) is 32.8 Å². The van der Waals surface area contributed by atoms with Crippen LogP contribution in [0.3, 0.4) is 0 Å². The molecule has 9 nitrogen and oxygen atoms in total. The van der Waals surface area contributed by atoms with Crippen LogP contribution in [0.25, 0.3) is 0 Å². The molecule has 1 aromatic carbocycles. The lowest BCUT2D eigenvalue weighted by molar-refractivity contribution is -0.142. The summed E-state index contributed by atoms with van der Waals surface area (Å²) in [7, 11) is 1.62. The first kappa shape index (κ1) is 19.7. The molecular weight excluding hydrogens is 376 g/mol. The monoisotopic (exact) mass is 402 g/mol. The molecule has 1 atom stereocenters. The molecule has 0 spiro atoms. The van der Waals surface area contributed by atoms with E-state index in [1.165, 1.54) is 0 Å². The van der Waals surface area contributed by atoms with Crippen LogP contribution < -0.4 is 9.47 Å². The van der Waals surface area contributed by atoms with Crippen molar-refractivity contribution >= 4 is 5.91 Å². The number of carbonyl (C=O) groups excluding carboxylic acids is 1. The van der Waals surface area contributed by atoms with Gasteiger partial charge >= 0.3 is 0 Å². The van der Waals surface area contributed by atoms with Crippen LogP contribution in [0.1, 0.15) is 24.6 Å². The number of benzene rings is 1. The minimum absolute atomic E-state index is 0.123. The van der Waals surface area contributed by atoms with Crippen molar-refractivity contribution in [3.8, 4) is 11.5 Å². The third-order valence-electron chi connectivity index (χ3n) is 5.19. The van der Waals surface area contributed by atoms with E-state index < -0.39 is 0 Å². The number of amides is 1. The lowest BCUT2D eigenvalue weighted by Crippen LogP contribution is -2.51. The van der Waals surface area contributed by atoms with E-state index in [1.54, 1.807) is 7.11 Å². The fraction of sp³-hybridized carbons (Fsp3) is 0.550. The van der Waals surface area contributed by atoms with E-state index in [4.69, 9.17) is 18.7 Å². The molecule has 0 aliphatic carbocycles. The van der Waals surface area contributed by atoms with Crippen LogP contribution >= 0.6 is 0 Å². The minimum Gasteiger partial charge on any atom is -0.497 e. The van der Waals surface area contributed by atoms with Gasteiger partial charge in [0.15, 0.2) is 6.61 Å². The molecule has 2 aliphatic heterocycles. The Labute approximate surface area is 169 Å². The summed E-state index contributed by atoms with van der Waals surface area (Å²) in [5.41, 5.74) is 0. The lowest BCUT2D eigenvalue weighted by Gasteiger charge is -2.35. The van der Waals surface area contributed by atoms with E-state index in [9.17, 15) is 4.79 Å². The van der Waals surface area contributed by atoms with Gasteiger partial charge in [-0.25, -0.2) is 0 Å². The Morgan fingerprint density at radius 2 is 1.93 bits per heavy atom. The first-order valence-electron chi connectivity index (χ1n) is 9.92. The second-order valence-electron chi connectivity index (χ2n) is 7.17. The van der Waals surface area contributed by atoms with E-state index in [2.05, 4.69) is 15.0 Å². The first-order chi connectivity index (χ1) is 14.2. The molecule has 1 aromatic heterocycles. The van der Waals surface area contributed by atoms with Gasteiger partial charge in [0.2, 0.25) is 11.7 Å².